The van der Waals surface area contributed by atoms with Crippen molar-refractivity contribution in [2.24, 2.45) is 10.9 Å². The van der Waals surface area contributed by atoms with Gasteiger partial charge < -0.3 is 20.1 Å². The maximum atomic E-state index is 5.70. The van der Waals surface area contributed by atoms with Gasteiger partial charge in [-0.25, -0.2) is 0 Å². The average Bonchev–Trinajstić information content (AvgIpc) is 3.14. The van der Waals surface area contributed by atoms with Crippen LogP contribution in [0.5, 0.6) is 0 Å². The van der Waals surface area contributed by atoms with E-state index in [9.17, 15) is 0 Å². The van der Waals surface area contributed by atoms with Crippen molar-refractivity contribution in [2.45, 2.75) is 64.5 Å². The lowest BCUT2D eigenvalue weighted by Gasteiger charge is -2.43. The molecular weight excluding hydrogens is 328 g/mol. The van der Waals surface area contributed by atoms with E-state index in [-0.39, 0.29) is 5.54 Å². The molecular formula is C20H40N4O2. The van der Waals surface area contributed by atoms with E-state index in [2.05, 4.69) is 41.3 Å². The summed E-state index contributed by atoms with van der Waals surface area (Å²) in [4.78, 5) is 6.96. The van der Waals surface area contributed by atoms with Gasteiger partial charge in [-0.15, -0.1) is 0 Å². The first-order chi connectivity index (χ1) is 12.5. The van der Waals surface area contributed by atoms with Crippen LogP contribution in [0.15, 0.2) is 4.99 Å². The van der Waals surface area contributed by atoms with Crippen LogP contribution in [0.3, 0.4) is 0 Å². The number of aliphatic imine (C=N–C) groups is 1. The maximum Gasteiger partial charge on any atom is 0.191 e. The first-order valence-electron chi connectivity index (χ1n) is 10.4. The molecule has 6 heteroatoms. The molecule has 0 aromatic carbocycles. The van der Waals surface area contributed by atoms with Gasteiger partial charge in [0.15, 0.2) is 5.96 Å². The van der Waals surface area contributed by atoms with Gasteiger partial charge in [-0.2, -0.15) is 0 Å². The Labute approximate surface area is 160 Å². The number of rotatable bonds is 9. The highest BCUT2D eigenvalue weighted by Gasteiger charge is 2.30. The zero-order chi connectivity index (χ0) is 18.8. The molecule has 2 fully saturated rings. The molecule has 2 rings (SSSR count). The van der Waals surface area contributed by atoms with Gasteiger partial charge in [0.2, 0.25) is 0 Å². The van der Waals surface area contributed by atoms with E-state index in [1.54, 1.807) is 0 Å². The van der Waals surface area contributed by atoms with E-state index in [0.29, 0.717) is 6.10 Å². The molecule has 152 valence electrons. The third-order valence-electron chi connectivity index (χ3n) is 5.51. The summed E-state index contributed by atoms with van der Waals surface area (Å²) in [5.41, 5.74) is 0.136. The van der Waals surface area contributed by atoms with Crippen LogP contribution in [0.1, 0.15) is 52.9 Å². The Bertz CT molecular complexity index is 422. The van der Waals surface area contributed by atoms with E-state index in [1.807, 2.05) is 7.05 Å². The monoisotopic (exact) mass is 368 g/mol. The Morgan fingerprint density at radius 3 is 2.81 bits per heavy atom. The van der Waals surface area contributed by atoms with E-state index in [0.717, 1.165) is 57.6 Å². The van der Waals surface area contributed by atoms with Crippen LogP contribution in [-0.2, 0) is 9.47 Å². The van der Waals surface area contributed by atoms with Gasteiger partial charge in [0.25, 0.3) is 0 Å². The predicted molar refractivity (Wildman–Crippen MR) is 108 cm³/mol. The van der Waals surface area contributed by atoms with Crippen LogP contribution in [-0.4, -0.2) is 75.5 Å². The van der Waals surface area contributed by atoms with E-state index in [1.165, 1.54) is 32.4 Å². The second-order valence-corrected chi connectivity index (χ2v) is 8.42. The van der Waals surface area contributed by atoms with Crippen LogP contribution in [0.4, 0.5) is 0 Å². The molecule has 26 heavy (non-hydrogen) atoms. The van der Waals surface area contributed by atoms with E-state index < -0.39 is 0 Å². The fourth-order valence-electron chi connectivity index (χ4n) is 3.74. The summed E-state index contributed by atoms with van der Waals surface area (Å²) in [6.07, 6.45) is 6.27. The summed E-state index contributed by atoms with van der Waals surface area (Å²) in [6, 6.07) is 0. The Hall–Kier alpha value is -0.850. The first kappa shape index (κ1) is 21.5. The van der Waals surface area contributed by atoms with Crippen molar-refractivity contribution in [1.29, 1.82) is 0 Å². The van der Waals surface area contributed by atoms with Crippen molar-refractivity contribution in [2.75, 3.05) is 53.0 Å². The van der Waals surface area contributed by atoms with Gasteiger partial charge in [0, 0.05) is 45.4 Å². The van der Waals surface area contributed by atoms with Crippen molar-refractivity contribution >= 4 is 5.96 Å². The topological polar surface area (TPSA) is 58.1 Å². The zero-order valence-corrected chi connectivity index (χ0v) is 17.4. The van der Waals surface area contributed by atoms with Gasteiger partial charge in [-0.3, -0.25) is 9.89 Å². The fourth-order valence-corrected chi connectivity index (χ4v) is 3.74. The van der Waals surface area contributed by atoms with Gasteiger partial charge in [0.1, 0.15) is 0 Å². The highest BCUT2D eigenvalue weighted by Crippen LogP contribution is 2.23. The van der Waals surface area contributed by atoms with Crippen LogP contribution in [0.25, 0.3) is 0 Å². The normalized spacial score (nSPS) is 25.5. The van der Waals surface area contributed by atoms with Crippen LogP contribution >= 0.6 is 0 Å². The smallest absolute Gasteiger partial charge is 0.191 e. The van der Waals surface area contributed by atoms with E-state index in [4.69, 9.17) is 9.47 Å². The van der Waals surface area contributed by atoms with Crippen LogP contribution in [0.2, 0.25) is 0 Å². The third kappa shape index (κ3) is 7.41. The molecule has 2 N–H and O–H groups in total. The van der Waals surface area contributed by atoms with Gasteiger partial charge in [-0.05, 0) is 58.4 Å². The number of nitrogens with zero attached hydrogens (tertiary/aromatic N) is 2. The number of nitrogens with one attached hydrogen (secondary N) is 2. The lowest BCUT2D eigenvalue weighted by atomic mass is 9.93. The molecule has 2 unspecified atom stereocenters. The average molecular weight is 369 g/mol. The highest BCUT2D eigenvalue weighted by atomic mass is 16.5. The molecule has 2 atom stereocenters. The summed E-state index contributed by atoms with van der Waals surface area (Å²) in [5, 5.41) is 6.89. The Balaban J connectivity index is 1.57. The summed E-state index contributed by atoms with van der Waals surface area (Å²) in [5.74, 6) is 1.68. The molecule has 0 aliphatic carbocycles. The SMILES string of the molecule is CN=C(NCCCOCC1CCCO1)NCC(C)(C)N1CCCC(C)C1. The van der Waals surface area contributed by atoms with Crippen molar-refractivity contribution in [3.8, 4) is 0 Å². The number of hydrogen-bond acceptors (Lipinski definition) is 4. The van der Waals surface area contributed by atoms with Crippen LogP contribution < -0.4 is 10.6 Å². The Morgan fingerprint density at radius 2 is 2.12 bits per heavy atom. The van der Waals surface area contributed by atoms with Crippen molar-refractivity contribution in [3.05, 3.63) is 0 Å². The summed E-state index contributed by atoms with van der Waals surface area (Å²) >= 11 is 0. The second-order valence-electron chi connectivity index (χ2n) is 8.42. The lowest BCUT2D eigenvalue weighted by Crippen LogP contribution is -2.56. The third-order valence-corrected chi connectivity index (χ3v) is 5.51. The van der Waals surface area contributed by atoms with Crippen molar-refractivity contribution in [3.63, 3.8) is 0 Å². The molecule has 2 aliphatic heterocycles. The molecule has 2 saturated heterocycles. The molecule has 0 aromatic rings. The minimum Gasteiger partial charge on any atom is -0.379 e. The standard InChI is InChI=1S/C20H40N4O2/c1-17-8-5-11-24(14-17)20(2,3)16-23-19(21-4)22-10-7-12-25-15-18-9-6-13-26-18/h17-18H,5-16H2,1-4H3,(H2,21,22,23). The highest BCUT2D eigenvalue weighted by molar-refractivity contribution is 5.79. The van der Waals surface area contributed by atoms with Crippen molar-refractivity contribution in [1.82, 2.24) is 15.5 Å². The number of guanidine groups is 1. The molecule has 2 aliphatic rings. The zero-order valence-electron chi connectivity index (χ0n) is 17.4. The largest absolute Gasteiger partial charge is 0.379 e. The quantitative estimate of drug-likeness (QED) is 0.371. The number of hydrogen-bond donors (Lipinski definition) is 2. The minimum absolute atomic E-state index is 0.136. The fraction of sp³-hybridized carbons (Fsp3) is 0.950. The molecule has 2 heterocycles. The van der Waals surface area contributed by atoms with Gasteiger partial charge in [-0.1, -0.05) is 6.92 Å². The molecule has 0 saturated carbocycles. The Morgan fingerprint density at radius 1 is 1.27 bits per heavy atom. The predicted octanol–water partition coefficient (Wildman–Crippen LogP) is 2.25. The summed E-state index contributed by atoms with van der Waals surface area (Å²) < 4.78 is 11.3. The van der Waals surface area contributed by atoms with Crippen LogP contribution in [0, 0.1) is 5.92 Å². The van der Waals surface area contributed by atoms with E-state index >= 15 is 0 Å². The lowest BCUT2D eigenvalue weighted by molar-refractivity contribution is 0.0168. The number of ether oxygens (including phenoxy) is 2. The molecule has 6 nitrogen and oxygen atoms in total. The summed E-state index contributed by atoms with van der Waals surface area (Å²) in [6.45, 7) is 13.6. The number of piperidine rings is 1. The Kier molecular flexibility index (Phi) is 9.16. The molecule has 0 radical (unpaired) electrons. The van der Waals surface area contributed by atoms with Crippen molar-refractivity contribution < 1.29 is 9.47 Å². The molecule has 0 aromatic heterocycles. The first-order valence-corrected chi connectivity index (χ1v) is 10.4. The molecule has 0 spiro atoms. The van der Waals surface area contributed by atoms with Gasteiger partial charge in [0.05, 0.1) is 12.7 Å². The molecule has 0 bridgehead atoms. The second kappa shape index (κ2) is 11.1. The maximum absolute atomic E-state index is 5.70. The minimum atomic E-state index is 0.136. The summed E-state index contributed by atoms with van der Waals surface area (Å²) in [7, 11) is 1.83. The number of likely N-dealkylation sites (tertiary alicyclic amines) is 1. The molecule has 0 amide bonds. The van der Waals surface area contributed by atoms with Gasteiger partial charge >= 0.3 is 0 Å².